The third kappa shape index (κ3) is 4.74. The summed E-state index contributed by atoms with van der Waals surface area (Å²) in [4.78, 5) is 27.7. The summed E-state index contributed by atoms with van der Waals surface area (Å²) in [6.07, 6.45) is 3.59. The van der Waals surface area contributed by atoms with Crippen LogP contribution in [0.25, 0.3) is 11.6 Å². The number of aromatic nitrogens is 1. The van der Waals surface area contributed by atoms with Gasteiger partial charge in [-0.25, -0.2) is 13.6 Å². The molecule has 4 aromatic rings. The second-order valence-electron chi connectivity index (χ2n) is 7.78. The van der Waals surface area contributed by atoms with E-state index in [2.05, 4.69) is 26.3 Å². The molecule has 0 spiro atoms. The van der Waals surface area contributed by atoms with Gasteiger partial charge in [-0.1, -0.05) is 18.2 Å². The predicted molar refractivity (Wildman–Crippen MR) is 132 cm³/mol. The van der Waals surface area contributed by atoms with Gasteiger partial charge in [-0.2, -0.15) is 0 Å². The van der Waals surface area contributed by atoms with Crippen molar-refractivity contribution in [3.05, 3.63) is 102 Å². The molecule has 5 N–H and O–H groups in total. The fraction of sp³-hybridized carbons (Fsp3) is 0. The summed E-state index contributed by atoms with van der Waals surface area (Å²) < 4.78 is 27.1. The van der Waals surface area contributed by atoms with Crippen molar-refractivity contribution in [2.24, 2.45) is 0 Å². The Hall–Kier alpha value is -4.92. The maximum Gasteiger partial charge on any atom is 0.323 e. The molecule has 0 atom stereocenters. The molecule has 0 unspecified atom stereocenters. The average molecular weight is 471 g/mol. The van der Waals surface area contributed by atoms with Gasteiger partial charge < -0.3 is 26.3 Å². The van der Waals surface area contributed by atoms with E-state index in [0.717, 1.165) is 23.0 Å². The van der Waals surface area contributed by atoms with Crippen LogP contribution < -0.4 is 21.3 Å². The van der Waals surface area contributed by atoms with Crippen molar-refractivity contribution >= 4 is 52.0 Å². The number of benzene rings is 3. The Kier molecular flexibility index (Phi) is 5.72. The summed E-state index contributed by atoms with van der Waals surface area (Å²) in [5, 5.41) is 11.0. The molecule has 2 heterocycles. The SMILES string of the molecule is O=C(Nc1cccc(Nc2ccc3c(c2)NC(=O)/C3=C\c2ccc[nH]2)c1)Nc1cccc(F)c1F. The van der Waals surface area contributed by atoms with Gasteiger partial charge in [-0.15, -0.1) is 0 Å². The van der Waals surface area contributed by atoms with E-state index in [9.17, 15) is 18.4 Å². The Balaban J connectivity index is 1.29. The second kappa shape index (κ2) is 9.14. The molecule has 9 heteroatoms. The molecule has 0 radical (unpaired) electrons. The zero-order valence-corrected chi connectivity index (χ0v) is 18.2. The van der Waals surface area contributed by atoms with Gasteiger partial charge in [0.15, 0.2) is 11.6 Å². The van der Waals surface area contributed by atoms with E-state index in [4.69, 9.17) is 0 Å². The molecule has 35 heavy (non-hydrogen) atoms. The standard InChI is InChI=1S/C26H19F2N5O2/c27-21-7-2-8-22(24(21)28)33-26(35)31-17-5-1-4-16(12-17)30-18-9-10-19-20(13-15-6-3-11-29-15)25(34)32-23(19)14-18/h1-14,29-30H,(H,32,34)(H2,31,33,35)/b20-13-. The Morgan fingerprint density at radius 3 is 2.49 bits per heavy atom. The molecular weight excluding hydrogens is 452 g/mol. The minimum Gasteiger partial charge on any atom is -0.362 e. The summed E-state index contributed by atoms with van der Waals surface area (Å²) in [5.41, 5.74) is 4.46. The van der Waals surface area contributed by atoms with Crippen LogP contribution in [0.4, 0.5) is 42.0 Å². The largest absolute Gasteiger partial charge is 0.362 e. The summed E-state index contributed by atoms with van der Waals surface area (Å²) in [6, 6.07) is 19.0. The number of carbonyl (C=O) groups excluding carboxylic acids is 2. The molecule has 1 aliphatic rings. The fourth-order valence-corrected chi connectivity index (χ4v) is 3.73. The number of fused-ring (bicyclic) bond motifs is 1. The smallest absolute Gasteiger partial charge is 0.323 e. The van der Waals surface area contributed by atoms with E-state index in [0.29, 0.717) is 22.6 Å². The van der Waals surface area contributed by atoms with Crippen LogP contribution in [-0.2, 0) is 4.79 Å². The third-order valence-corrected chi connectivity index (χ3v) is 5.33. The van der Waals surface area contributed by atoms with Crippen LogP contribution in [0.5, 0.6) is 0 Å². The van der Waals surface area contributed by atoms with Crippen LogP contribution in [0.3, 0.4) is 0 Å². The monoisotopic (exact) mass is 471 g/mol. The van der Waals surface area contributed by atoms with Crippen molar-refractivity contribution in [1.82, 2.24) is 4.98 Å². The van der Waals surface area contributed by atoms with Crippen LogP contribution in [0, 0.1) is 11.6 Å². The number of rotatable bonds is 5. The molecule has 0 saturated carbocycles. The number of hydrogen-bond acceptors (Lipinski definition) is 3. The highest BCUT2D eigenvalue weighted by molar-refractivity contribution is 6.35. The molecule has 174 valence electrons. The van der Waals surface area contributed by atoms with Gasteiger partial charge in [0.2, 0.25) is 0 Å². The van der Waals surface area contributed by atoms with Crippen LogP contribution in [0.1, 0.15) is 11.3 Å². The third-order valence-electron chi connectivity index (χ3n) is 5.33. The van der Waals surface area contributed by atoms with E-state index in [1.807, 2.05) is 30.3 Å². The predicted octanol–water partition coefficient (Wildman–Crippen LogP) is 6.17. The highest BCUT2D eigenvalue weighted by atomic mass is 19.2. The highest BCUT2D eigenvalue weighted by Gasteiger charge is 2.24. The maximum absolute atomic E-state index is 13.8. The molecule has 0 aliphatic carbocycles. The number of nitrogens with one attached hydrogen (secondary N) is 5. The Morgan fingerprint density at radius 2 is 1.66 bits per heavy atom. The lowest BCUT2D eigenvalue weighted by Crippen LogP contribution is -2.20. The first-order valence-electron chi connectivity index (χ1n) is 10.7. The Labute approximate surface area is 198 Å². The maximum atomic E-state index is 13.8. The molecule has 1 aromatic heterocycles. The van der Waals surface area contributed by atoms with E-state index in [-0.39, 0.29) is 11.6 Å². The lowest BCUT2D eigenvalue weighted by atomic mass is 10.1. The number of halogens is 2. The van der Waals surface area contributed by atoms with Gasteiger partial charge in [0.1, 0.15) is 0 Å². The van der Waals surface area contributed by atoms with Crippen LogP contribution in [0.15, 0.2) is 79.0 Å². The second-order valence-corrected chi connectivity index (χ2v) is 7.78. The van der Waals surface area contributed by atoms with Gasteiger partial charge >= 0.3 is 6.03 Å². The number of anilines is 5. The van der Waals surface area contributed by atoms with Gasteiger partial charge in [0, 0.05) is 34.5 Å². The zero-order chi connectivity index (χ0) is 24.4. The minimum atomic E-state index is -1.13. The van der Waals surface area contributed by atoms with Gasteiger partial charge in [0.25, 0.3) is 5.91 Å². The van der Waals surface area contributed by atoms with Crippen molar-refractivity contribution in [3.8, 4) is 0 Å². The van der Waals surface area contributed by atoms with Crippen molar-refractivity contribution < 1.29 is 18.4 Å². The molecular formula is C26H19F2N5O2. The molecule has 0 bridgehead atoms. The first-order valence-corrected chi connectivity index (χ1v) is 10.7. The number of amides is 3. The lowest BCUT2D eigenvalue weighted by Gasteiger charge is -2.12. The van der Waals surface area contributed by atoms with Crippen LogP contribution in [-0.4, -0.2) is 16.9 Å². The first-order chi connectivity index (χ1) is 17.0. The van der Waals surface area contributed by atoms with Crippen LogP contribution in [0.2, 0.25) is 0 Å². The van der Waals surface area contributed by atoms with Crippen LogP contribution >= 0.6 is 0 Å². The quantitative estimate of drug-likeness (QED) is 0.225. The number of H-pyrrole nitrogens is 1. The molecule has 0 saturated heterocycles. The number of urea groups is 1. The number of aromatic amines is 1. The summed E-state index contributed by atoms with van der Waals surface area (Å²) in [5.74, 6) is -2.36. The molecule has 1 aliphatic heterocycles. The summed E-state index contributed by atoms with van der Waals surface area (Å²) in [7, 11) is 0. The summed E-state index contributed by atoms with van der Waals surface area (Å²) in [6.45, 7) is 0. The normalized spacial score (nSPS) is 13.3. The van der Waals surface area contributed by atoms with Gasteiger partial charge in [-0.05, 0) is 60.7 Å². The van der Waals surface area contributed by atoms with E-state index in [1.165, 1.54) is 12.1 Å². The van der Waals surface area contributed by atoms with Crippen molar-refractivity contribution in [1.29, 1.82) is 0 Å². The number of hydrogen-bond donors (Lipinski definition) is 5. The minimum absolute atomic E-state index is 0.182. The molecule has 7 nitrogen and oxygen atoms in total. The average Bonchev–Trinajstić information content (AvgIpc) is 3.45. The zero-order valence-electron chi connectivity index (χ0n) is 18.2. The van der Waals surface area contributed by atoms with E-state index < -0.39 is 17.7 Å². The molecule has 3 amide bonds. The van der Waals surface area contributed by atoms with Crippen molar-refractivity contribution in [2.75, 3.05) is 21.3 Å². The Morgan fingerprint density at radius 1 is 0.857 bits per heavy atom. The van der Waals surface area contributed by atoms with Gasteiger partial charge in [0.05, 0.1) is 16.9 Å². The van der Waals surface area contributed by atoms with E-state index >= 15 is 0 Å². The first kappa shape index (κ1) is 21.9. The lowest BCUT2D eigenvalue weighted by molar-refractivity contribution is -0.110. The fourth-order valence-electron chi connectivity index (χ4n) is 3.73. The van der Waals surface area contributed by atoms with Crippen molar-refractivity contribution in [3.63, 3.8) is 0 Å². The topological polar surface area (TPSA) is 98.1 Å². The van der Waals surface area contributed by atoms with E-state index in [1.54, 1.807) is 36.5 Å². The molecule has 5 rings (SSSR count). The Bertz CT molecular complexity index is 1460. The van der Waals surface area contributed by atoms with Crippen molar-refractivity contribution in [2.45, 2.75) is 0 Å². The molecule has 0 fully saturated rings. The molecule has 3 aromatic carbocycles. The highest BCUT2D eigenvalue weighted by Crippen LogP contribution is 2.35. The number of carbonyl (C=O) groups is 2. The van der Waals surface area contributed by atoms with Gasteiger partial charge in [-0.3, -0.25) is 4.79 Å². The summed E-state index contributed by atoms with van der Waals surface area (Å²) >= 11 is 0.